The van der Waals surface area contributed by atoms with Crippen molar-refractivity contribution >= 4 is 43.4 Å². The third-order valence-corrected chi connectivity index (χ3v) is 4.47. The van der Waals surface area contributed by atoms with Gasteiger partial charge in [-0.05, 0) is 6.07 Å². The summed E-state index contributed by atoms with van der Waals surface area (Å²) in [5, 5.41) is -1.74. The Bertz CT molecular complexity index is 778. The molecule has 1 aromatic carbocycles. The van der Waals surface area contributed by atoms with Gasteiger partial charge in [-0.3, -0.25) is 0 Å². The van der Waals surface area contributed by atoms with Crippen LogP contribution in [0.15, 0.2) is 12.1 Å². The summed E-state index contributed by atoms with van der Waals surface area (Å²) in [4.78, 5) is 0. The highest BCUT2D eigenvalue weighted by Gasteiger charge is 2.50. The molecule has 138 valence electrons. The van der Waals surface area contributed by atoms with Crippen LogP contribution in [0, 0.1) is 0 Å². The lowest BCUT2D eigenvalue weighted by atomic mass is 10.3. The third kappa shape index (κ3) is 4.49. The van der Waals surface area contributed by atoms with Crippen molar-refractivity contribution in [3.05, 3.63) is 22.2 Å². The monoisotopic (exact) mass is 442 g/mol. The van der Waals surface area contributed by atoms with Crippen molar-refractivity contribution in [3.63, 3.8) is 0 Å². The average Bonchev–Trinajstić information content (AvgIpc) is 2.31. The van der Waals surface area contributed by atoms with Gasteiger partial charge in [0.2, 0.25) is 0 Å². The Hall–Kier alpha value is -1.12. The summed E-state index contributed by atoms with van der Waals surface area (Å²) < 4.78 is 124. The Morgan fingerprint density at radius 2 is 1.00 bits per heavy atom. The van der Waals surface area contributed by atoms with Gasteiger partial charge in [-0.15, -0.1) is 0 Å². The number of benzene rings is 1. The molecule has 0 aliphatic rings. The summed E-state index contributed by atoms with van der Waals surface area (Å²) in [5.74, 6) is -2.71. The molecule has 0 fully saturated rings. The molecule has 0 bridgehead atoms. The summed E-state index contributed by atoms with van der Waals surface area (Å²) in [7, 11) is -12.5. The molecule has 0 aliphatic heterocycles. The van der Waals surface area contributed by atoms with E-state index in [0.717, 1.165) is 0 Å². The fourth-order valence-electron chi connectivity index (χ4n) is 0.969. The first-order chi connectivity index (χ1) is 10.5. The molecule has 0 unspecified atom stereocenters. The van der Waals surface area contributed by atoms with E-state index in [9.17, 15) is 43.2 Å². The Morgan fingerprint density at radius 3 is 1.25 bits per heavy atom. The van der Waals surface area contributed by atoms with Crippen molar-refractivity contribution in [1.29, 1.82) is 0 Å². The van der Waals surface area contributed by atoms with E-state index in [0.29, 0.717) is 6.07 Å². The number of alkyl halides is 6. The molecule has 0 heterocycles. The first-order valence-corrected chi connectivity index (χ1v) is 8.56. The summed E-state index contributed by atoms with van der Waals surface area (Å²) in [6.07, 6.45) is 0. The highest BCUT2D eigenvalue weighted by atomic mass is 35.5. The maximum absolute atomic E-state index is 12.2. The molecule has 6 nitrogen and oxygen atoms in total. The Balaban J connectivity index is 3.35. The van der Waals surface area contributed by atoms with Gasteiger partial charge in [0.05, 0.1) is 10.0 Å². The molecule has 0 saturated carbocycles. The zero-order valence-electron chi connectivity index (χ0n) is 10.4. The van der Waals surface area contributed by atoms with Crippen molar-refractivity contribution in [2.45, 2.75) is 11.0 Å². The van der Waals surface area contributed by atoms with E-state index in [2.05, 4.69) is 8.37 Å². The van der Waals surface area contributed by atoms with Crippen LogP contribution in [0.5, 0.6) is 11.5 Å². The van der Waals surface area contributed by atoms with Crippen molar-refractivity contribution in [2.24, 2.45) is 0 Å². The molecule has 16 heteroatoms. The topological polar surface area (TPSA) is 86.7 Å². The van der Waals surface area contributed by atoms with Crippen molar-refractivity contribution in [3.8, 4) is 11.5 Å². The number of hydrogen-bond acceptors (Lipinski definition) is 6. The van der Waals surface area contributed by atoms with Crippen molar-refractivity contribution in [2.75, 3.05) is 0 Å². The van der Waals surface area contributed by atoms with Crippen LogP contribution in [0.3, 0.4) is 0 Å². The Morgan fingerprint density at radius 1 is 0.708 bits per heavy atom. The van der Waals surface area contributed by atoms with Gasteiger partial charge in [0.15, 0.2) is 11.5 Å². The zero-order valence-corrected chi connectivity index (χ0v) is 13.6. The van der Waals surface area contributed by atoms with Crippen LogP contribution in [-0.4, -0.2) is 27.9 Å². The average molecular weight is 443 g/mol. The lowest BCUT2D eigenvalue weighted by Crippen LogP contribution is -2.29. The lowest BCUT2D eigenvalue weighted by molar-refractivity contribution is -0.0502. The second kappa shape index (κ2) is 6.31. The molecule has 0 saturated heterocycles. The first kappa shape index (κ1) is 20.9. The predicted molar refractivity (Wildman–Crippen MR) is 67.7 cm³/mol. The van der Waals surface area contributed by atoms with Crippen LogP contribution in [0.2, 0.25) is 10.0 Å². The lowest BCUT2D eigenvalue weighted by Gasteiger charge is -2.14. The van der Waals surface area contributed by atoms with Gasteiger partial charge in [-0.2, -0.15) is 43.2 Å². The SMILES string of the molecule is O=S(=O)(Oc1cc(OS(=O)(=O)C(F)(F)F)c(Cl)cc1Cl)C(F)(F)F. The molecule has 0 radical (unpaired) electrons. The van der Waals surface area contributed by atoms with Crippen molar-refractivity contribution < 1.29 is 51.5 Å². The van der Waals surface area contributed by atoms with Gasteiger partial charge in [0.25, 0.3) is 0 Å². The molecule has 0 aliphatic carbocycles. The number of hydrogen-bond donors (Lipinski definition) is 0. The van der Waals surface area contributed by atoms with E-state index in [-0.39, 0.29) is 6.07 Å². The smallest absolute Gasteiger partial charge is 0.374 e. The van der Waals surface area contributed by atoms with E-state index in [1.165, 1.54) is 0 Å². The van der Waals surface area contributed by atoms with Gasteiger partial charge in [-0.25, -0.2) is 0 Å². The second-order valence-electron chi connectivity index (χ2n) is 3.68. The molecule has 0 spiro atoms. The molecule has 0 aromatic heterocycles. The highest BCUT2D eigenvalue weighted by Crippen LogP contribution is 2.40. The minimum atomic E-state index is -6.23. The largest absolute Gasteiger partial charge is 0.534 e. The second-order valence-corrected chi connectivity index (χ2v) is 7.57. The van der Waals surface area contributed by atoms with Gasteiger partial charge in [-0.1, -0.05) is 23.2 Å². The normalized spacial score (nSPS) is 13.7. The van der Waals surface area contributed by atoms with Gasteiger partial charge >= 0.3 is 31.3 Å². The maximum atomic E-state index is 12.2. The van der Waals surface area contributed by atoms with Crippen LogP contribution in [-0.2, 0) is 20.2 Å². The summed E-state index contributed by atoms with van der Waals surface area (Å²) in [6, 6.07) is 0.461. The summed E-state index contributed by atoms with van der Waals surface area (Å²) in [5.41, 5.74) is -11.8. The molecule has 1 rings (SSSR count). The first-order valence-electron chi connectivity index (χ1n) is 4.98. The number of halogens is 8. The maximum Gasteiger partial charge on any atom is 0.534 e. The van der Waals surface area contributed by atoms with E-state index in [1.807, 2.05) is 0 Å². The molecule has 0 N–H and O–H groups in total. The van der Waals surface area contributed by atoms with Crippen LogP contribution >= 0.6 is 23.2 Å². The molecule has 0 atom stereocenters. The minimum Gasteiger partial charge on any atom is -0.374 e. The molecule has 1 aromatic rings. The molecular weight excluding hydrogens is 441 g/mol. The van der Waals surface area contributed by atoms with Crippen LogP contribution in [0.4, 0.5) is 26.3 Å². The van der Waals surface area contributed by atoms with Crippen LogP contribution in [0.25, 0.3) is 0 Å². The quantitative estimate of drug-likeness (QED) is 0.403. The van der Waals surface area contributed by atoms with E-state index < -0.39 is 52.8 Å². The Labute approximate surface area is 140 Å². The van der Waals surface area contributed by atoms with E-state index >= 15 is 0 Å². The predicted octanol–water partition coefficient (Wildman–Crippen LogP) is 3.45. The van der Waals surface area contributed by atoms with Gasteiger partial charge in [0, 0.05) is 6.07 Å². The molecule has 0 amide bonds. The summed E-state index contributed by atoms with van der Waals surface area (Å²) in [6.45, 7) is 0. The minimum absolute atomic E-state index is 0.0389. The Kier molecular flexibility index (Phi) is 5.50. The summed E-state index contributed by atoms with van der Waals surface area (Å²) >= 11 is 10.7. The van der Waals surface area contributed by atoms with E-state index in [4.69, 9.17) is 23.2 Å². The van der Waals surface area contributed by atoms with Crippen LogP contribution in [0.1, 0.15) is 0 Å². The fourth-order valence-corrected chi connectivity index (χ4v) is 2.46. The van der Waals surface area contributed by atoms with Crippen LogP contribution < -0.4 is 8.37 Å². The standard InChI is InChI=1S/C8H2Cl2F6O6S2/c9-3-1-4(10)6(22-24(19,20)8(14,15)16)2-5(3)21-23(17,18)7(11,12)13/h1-2H. The third-order valence-electron chi connectivity index (χ3n) is 1.95. The van der Waals surface area contributed by atoms with E-state index in [1.54, 1.807) is 0 Å². The van der Waals surface area contributed by atoms with Gasteiger partial charge < -0.3 is 8.37 Å². The molecule has 24 heavy (non-hydrogen) atoms. The highest BCUT2D eigenvalue weighted by molar-refractivity contribution is 7.88. The zero-order chi connectivity index (χ0) is 19.1. The molecular formula is C8H2Cl2F6O6S2. The van der Waals surface area contributed by atoms with Crippen molar-refractivity contribution in [1.82, 2.24) is 0 Å². The fraction of sp³-hybridized carbons (Fsp3) is 0.250. The number of rotatable bonds is 4. The van der Waals surface area contributed by atoms with Gasteiger partial charge in [0.1, 0.15) is 0 Å².